The highest BCUT2D eigenvalue weighted by Crippen LogP contribution is 2.34. The molecule has 5 heteroatoms. The van der Waals surface area contributed by atoms with Gasteiger partial charge in [0.05, 0.1) is 9.80 Å². The van der Waals surface area contributed by atoms with E-state index in [-0.39, 0.29) is 5.75 Å². The van der Waals surface area contributed by atoms with Gasteiger partial charge in [0.15, 0.2) is 0 Å². The largest absolute Gasteiger partial charge is 0.508 e. The van der Waals surface area contributed by atoms with Crippen LogP contribution in [0.2, 0.25) is 0 Å². The van der Waals surface area contributed by atoms with E-state index in [2.05, 4.69) is 5.32 Å². The van der Waals surface area contributed by atoms with Crippen LogP contribution in [0, 0.1) is 0 Å². The van der Waals surface area contributed by atoms with Crippen molar-refractivity contribution in [3.05, 3.63) is 28.7 Å². The molecule has 0 spiro atoms. The topological polar surface area (TPSA) is 66.4 Å². The van der Waals surface area contributed by atoms with E-state index in [0.29, 0.717) is 28.0 Å². The number of phenolic OH excluding ortho intramolecular Hbond substituents is 1. The van der Waals surface area contributed by atoms with Crippen molar-refractivity contribution in [2.45, 2.75) is 23.8 Å². The molecule has 1 saturated carbocycles. The maximum Gasteiger partial charge on any atom is 0.204 e. The number of aromatic hydroxyl groups is 1. The number of fused-ring (bicyclic) bond motifs is 1. The van der Waals surface area contributed by atoms with Gasteiger partial charge in [-0.3, -0.25) is 0 Å². The highest BCUT2D eigenvalue weighted by atomic mass is 32.2. The molecule has 17 heavy (non-hydrogen) atoms. The molecule has 3 rings (SSSR count). The maximum atomic E-state index is 12.1. The average molecular weight is 251 g/mol. The van der Waals surface area contributed by atoms with Crippen LogP contribution in [0.25, 0.3) is 6.08 Å². The van der Waals surface area contributed by atoms with E-state index in [1.165, 1.54) is 18.2 Å². The molecular weight excluding hydrogens is 238 g/mol. The number of hydrogen-bond donors (Lipinski definition) is 2. The molecule has 0 bridgehead atoms. The van der Waals surface area contributed by atoms with Crippen molar-refractivity contribution >= 4 is 15.9 Å². The summed E-state index contributed by atoms with van der Waals surface area (Å²) in [7, 11) is -3.34. The van der Waals surface area contributed by atoms with Gasteiger partial charge in [0.2, 0.25) is 9.84 Å². The summed E-state index contributed by atoms with van der Waals surface area (Å²) in [6.45, 7) is 0.377. The van der Waals surface area contributed by atoms with Crippen molar-refractivity contribution in [1.82, 2.24) is 5.32 Å². The van der Waals surface area contributed by atoms with E-state index >= 15 is 0 Å². The lowest BCUT2D eigenvalue weighted by Crippen LogP contribution is -2.21. The second-order valence-electron chi connectivity index (χ2n) is 4.49. The lowest BCUT2D eigenvalue weighted by molar-refractivity contribution is 0.474. The number of nitrogens with one attached hydrogen (secondary N) is 1. The summed E-state index contributed by atoms with van der Waals surface area (Å²) in [6, 6.07) is 4.82. The lowest BCUT2D eigenvalue weighted by Gasteiger charge is -2.04. The predicted octanol–water partition coefficient (Wildman–Crippen LogP) is 1.27. The molecule has 2 N–H and O–H groups in total. The molecule has 0 atom stereocenters. The second kappa shape index (κ2) is 3.58. The Morgan fingerprint density at radius 3 is 2.82 bits per heavy atom. The van der Waals surface area contributed by atoms with Crippen LogP contribution in [0.4, 0.5) is 0 Å². The van der Waals surface area contributed by atoms with Crippen molar-refractivity contribution in [1.29, 1.82) is 0 Å². The van der Waals surface area contributed by atoms with Crippen LogP contribution >= 0.6 is 0 Å². The Balaban J connectivity index is 1.93. The van der Waals surface area contributed by atoms with E-state index in [1.54, 1.807) is 6.08 Å². The number of benzene rings is 1. The Morgan fingerprint density at radius 1 is 1.35 bits per heavy atom. The Morgan fingerprint density at radius 2 is 2.12 bits per heavy atom. The van der Waals surface area contributed by atoms with Gasteiger partial charge in [0.25, 0.3) is 0 Å². The van der Waals surface area contributed by atoms with Crippen molar-refractivity contribution in [3.63, 3.8) is 0 Å². The van der Waals surface area contributed by atoms with Crippen LogP contribution in [0.1, 0.15) is 18.4 Å². The second-order valence-corrected chi connectivity index (χ2v) is 6.46. The lowest BCUT2D eigenvalue weighted by atomic mass is 10.2. The Bertz CT molecular complexity index is 600. The van der Waals surface area contributed by atoms with Crippen LogP contribution in [0.3, 0.4) is 0 Å². The van der Waals surface area contributed by atoms with Crippen molar-refractivity contribution in [3.8, 4) is 5.75 Å². The number of sulfone groups is 1. The summed E-state index contributed by atoms with van der Waals surface area (Å²) in [5.41, 5.74) is 0.581. The SMILES string of the molecule is O=S1(=O)C(CNC2CC2)=Cc2cc(O)ccc21. The molecule has 1 aliphatic heterocycles. The van der Waals surface area contributed by atoms with Gasteiger partial charge in [0.1, 0.15) is 5.75 Å². The van der Waals surface area contributed by atoms with Crippen molar-refractivity contribution < 1.29 is 13.5 Å². The Labute approximate surface area is 99.9 Å². The van der Waals surface area contributed by atoms with Gasteiger partial charge in [-0.25, -0.2) is 8.42 Å². The first-order valence-corrected chi connectivity index (χ1v) is 7.08. The van der Waals surface area contributed by atoms with Crippen LogP contribution in [0.5, 0.6) is 5.75 Å². The molecule has 0 saturated heterocycles. The Kier molecular flexibility index (Phi) is 2.27. The molecule has 1 fully saturated rings. The van der Waals surface area contributed by atoms with Crippen LogP contribution in [-0.2, 0) is 9.84 Å². The third-order valence-electron chi connectivity index (χ3n) is 3.09. The van der Waals surface area contributed by atoms with E-state index < -0.39 is 9.84 Å². The molecular formula is C12H13NO3S. The van der Waals surface area contributed by atoms with Gasteiger partial charge in [-0.15, -0.1) is 0 Å². The Hall–Kier alpha value is -1.33. The normalized spacial score (nSPS) is 21.1. The standard InChI is InChI=1S/C12H13NO3S/c14-10-3-4-12-8(5-10)6-11(17(12,15)16)7-13-9-1-2-9/h3-6,9,13-14H,1-2,7H2. The van der Waals surface area contributed by atoms with Crippen LogP contribution in [-0.4, -0.2) is 26.1 Å². The van der Waals surface area contributed by atoms with Crippen molar-refractivity contribution in [2.75, 3.05) is 6.54 Å². The van der Waals surface area contributed by atoms with Crippen LogP contribution in [0.15, 0.2) is 28.0 Å². The first-order chi connectivity index (χ1) is 8.07. The average Bonchev–Trinajstić information content (AvgIpc) is 3.03. The molecule has 4 nitrogen and oxygen atoms in total. The molecule has 0 amide bonds. The van der Waals surface area contributed by atoms with E-state index in [9.17, 15) is 13.5 Å². The first-order valence-electron chi connectivity index (χ1n) is 5.59. The zero-order valence-electron chi connectivity index (χ0n) is 9.18. The van der Waals surface area contributed by atoms with Crippen LogP contribution < -0.4 is 5.32 Å². The fourth-order valence-electron chi connectivity index (χ4n) is 1.96. The molecule has 0 radical (unpaired) electrons. The molecule has 1 aromatic rings. The predicted molar refractivity (Wildman–Crippen MR) is 64.3 cm³/mol. The summed E-state index contributed by atoms with van der Waals surface area (Å²) in [5, 5.41) is 12.5. The van der Waals surface area contributed by atoms with Gasteiger partial charge in [-0.05, 0) is 42.7 Å². The van der Waals surface area contributed by atoms with Gasteiger partial charge in [-0.1, -0.05) is 0 Å². The van der Waals surface area contributed by atoms with Gasteiger partial charge < -0.3 is 10.4 Å². The number of rotatable bonds is 3. The third kappa shape index (κ3) is 1.85. The summed E-state index contributed by atoms with van der Waals surface area (Å²) in [5.74, 6) is 0.0894. The monoisotopic (exact) mass is 251 g/mol. The minimum atomic E-state index is -3.34. The quantitative estimate of drug-likeness (QED) is 0.849. The first kappa shape index (κ1) is 10.8. The molecule has 1 heterocycles. The summed E-state index contributed by atoms with van der Waals surface area (Å²) < 4.78 is 24.3. The highest BCUT2D eigenvalue weighted by Gasteiger charge is 2.31. The van der Waals surface area contributed by atoms with E-state index in [1.807, 2.05) is 0 Å². The zero-order chi connectivity index (χ0) is 12.0. The number of phenols is 1. The molecule has 2 aliphatic rings. The fourth-order valence-corrected chi connectivity index (χ4v) is 3.48. The van der Waals surface area contributed by atoms with Crippen molar-refractivity contribution in [2.24, 2.45) is 0 Å². The molecule has 90 valence electrons. The zero-order valence-corrected chi connectivity index (χ0v) is 10.00. The van der Waals surface area contributed by atoms with E-state index in [0.717, 1.165) is 12.8 Å². The highest BCUT2D eigenvalue weighted by molar-refractivity contribution is 7.95. The van der Waals surface area contributed by atoms with Gasteiger partial charge >= 0.3 is 0 Å². The van der Waals surface area contributed by atoms with Gasteiger partial charge in [0, 0.05) is 12.6 Å². The van der Waals surface area contributed by atoms with Gasteiger partial charge in [-0.2, -0.15) is 0 Å². The minimum absolute atomic E-state index is 0.0894. The summed E-state index contributed by atoms with van der Waals surface area (Å²) >= 11 is 0. The molecule has 1 aliphatic carbocycles. The fraction of sp³-hybridized carbons (Fsp3) is 0.333. The minimum Gasteiger partial charge on any atom is -0.508 e. The summed E-state index contributed by atoms with van der Waals surface area (Å²) in [4.78, 5) is 0.688. The van der Waals surface area contributed by atoms with E-state index in [4.69, 9.17) is 0 Å². The summed E-state index contributed by atoms with van der Waals surface area (Å²) in [6.07, 6.45) is 3.89. The third-order valence-corrected chi connectivity index (χ3v) is 4.99. The molecule has 0 unspecified atom stereocenters. The smallest absolute Gasteiger partial charge is 0.204 e. The molecule has 1 aromatic carbocycles. The maximum absolute atomic E-state index is 12.1. The number of hydrogen-bond acceptors (Lipinski definition) is 4. The molecule has 0 aromatic heterocycles.